The van der Waals surface area contributed by atoms with Crippen LogP contribution in [0.15, 0.2) is 10.2 Å². The smallest absolute Gasteiger partial charge is 0.248 e. The van der Waals surface area contributed by atoms with Crippen LogP contribution in [0, 0.1) is 0 Å². The fourth-order valence-corrected chi connectivity index (χ4v) is 0.943. The van der Waals surface area contributed by atoms with Crippen molar-refractivity contribution in [2.24, 2.45) is 10.2 Å². The maximum absolute atomic E-state index is 13.0. The normalized spacial score (nSPS) is 13.8. The van der Waals surface area contributed by atoms with Gasteiger partial charge in [-0.2, -0.15) is 35.1 Å². The predicted molar refractivity (Wildman–Crippen MR) is 56.0 cm³/mol. The molecule has 9 nitrogen and oxygen atoms in total. The zero-order chi connectivity index (χ0) is 20.9. The van der Waals surface area contributed by atoms with Crippen molar-refractivity contribution in [2.45, 2.75) is 30.7 Å². The summed E-state index contributed by atoms with van der Waals surface area (Å²) in [5.41, 5.74) is 15.4. The van der Waals surface area contributed by atoms with Gasteiger partial charge in [-0.3, -0.25) is 0 Å². The summed E-state index contributed by atoms with van der Waals surface area (Å²) in [5.74, 6) is 0. The molecule has 0 spiro atoms. The van der Waals surface area contributed by atoms with E-state index in [1.165, 1.54) is 0 Å². The number of hydrogen-bond donors (Lipinski definition) is 0. The number of halogens is 10. The molecule has 0 rings (SSSR count). The topological polar surface area (TPSA) is 125 Å². The molecule has 19 heteroatoms. The van der Waals surface area contributed by atoms with Gasteiger partial charge in [-0.25, -0.2) is 14.2 Å². The minimum atomic E-state index is -6.63. The van der Waals surface area contributed by atoms with Crippen LogP contribution in [0.2, 0.25) is 0 Å². The van der Waals surface area contributed by atoms with E-state index >= 15 is 0 Å². The second kappa shape index (κ2) is 8.00. The van der Waals surface area contributed by atoms with E-state index in [-0.39, 0.29) is 0 Å². The molecule has 0 radical (unpaired) electrons. The highest BCUT2D eigenvalue weighted by Gasteiger charge is 2.68. The standard InChI is InChI=1S/C7H4F10N6O3/c8-3(9,1-20-22-18)24-5(12,13)6(14,15)26-7(16,17)25-4(10,11)2-21-23-19/h1-2H2. The third-order valence-electron chi connectivity index (χ3n) is 1.77. The third-order valence-corrected chi connectivity index (χ3v) is 1.77. The van der Waals surface area contributed by atoms with Crippen molar-refractivity contribution in [1.29, 1.82) is 0 Å². The molecule has 0 saturated carbocycles. The van der Waals surface area contributed by atoms with Gasteiger partial charge in [-0.1, -0.05) is 10.2 Å². The Hall–Kier alpha value is -2.20. The maximum Gasteiger partial charge on any atom is 0.495 e. The molecule has 0 heterocycles. The summed E-state index contributed by atoms with van der Waals surface area (Å²) in [6.07, 6.45) is -29.8. The Labute approximate surface area is 134 Å². The van der Waals surface area contributed by atoms with Crippen LogP contribution in [0.25, 0.3) is 20.9 Å². The van der Waals surface area contributed by atoms with E-state index in [0.29, 0.717) is 0 Å². The van der Waals surface area contributed by atoms with Crippen molar-refractivity contribution in [3.63, 3.8) is 0 Å². The highest BCUT2D eigenvalue weighted by Crippen LogP contribution is 2.44. The van der Waals surface area contributed by atoms with Gasteiger partial charge in [-0.05, 0) is 11.1 Å². The lowest BCUT2D eigenvalue weighted by molar-refractivity contribution is -0.563. The van der Waals surface area contributed by atoms with Crippen LogP contribution < -0.4 is 0 Å². The molecular formula is C7H4F10N6O3. The second-order valence-electron chi connectivity index (χ2n) is 3.86. The summed E-state index contributed by atoms with van der Waals surface area (Å²) in [6.45, 7) is -4.42. The van der Waals surface area contributed by atoms with Crippen molar-refractivity contribution >= 4 is 0 Å². The first-order chi connectivity index (χ1) is 11.5. The quantitative estimate of drug-likeness (QED) is 0.163. The molecule has 0 aliphatic carbocycles. The first-order valence-electron chi connectivity index (χ1n) is 5.50. The van der Waals surface area contributed by atoms with Gasteiger partial charge < -0.3 is 0 Å². The van der Waals surface area contributed by atoms with Gasteiger partial charge >= 0.3 is 30.7 Å². The molecule has 0 unspecified atom stereocenters. The average molecular weight is 410 g/mol. The molecule has 0 aromatic heterocycles. The van der Waals surface area contributed by atoms with Crippen molar-refractivity contribution < 1.29 is 58.1 Å². The Balaban J connectivity index is 5.28. The molecule has 0 aromatic rings. The molecule has 0 aliphatic heterocycles. The molecule has 0 aliphatic rings. The lowest BCUT2D eigenvalue weighted by atomic mass is 10.5. The number of nitrogens with zero attached hydrogens (tertiary/aromatic N) is 6. The molecule has 150 valence electrons. The maximum atomic E-state index is 13.0. The summed E-state index contributed by atoms with van der Waals surface area (Å²) < 4.78 is 135. The van der Waals surface area contributed by atoms with Gasteiger partial charge in [0.05, 0.1) is 0 Å². The minimum Gasteiger partial charge on any atom is -0.248 e. The third kappa shape index (κ3) is 7.79. The van der Waals surface area contributed by atoms with E-state index in [9.17, 15) is 43.9 Å². The van der Waals surface area contributed by atoms with Crippen molar-refractivity contribution in [3.8, 4) is 0 Å². The van der Waals surface area contributed by atoms with Crippen LogP contribution >= 0.6 is 0 Å². The average Bonchev–Trinajstić information content (AvgIpc) is 2.39. The van der Waals surface area contributed by atoms with Crippen LogP contribution in [-0.4, -0.2) is 43.8 Å². The van der Waals surface area contributed by atoms with Crippen LogP contribution in [0.5, 0.6) is 0 Å². The van der Waals surface area contributed by atoms with Gasteiger partial charge in [0.15, 0.2) is 0 Å². The summed E-state index contributed by atoms with van der Waals surface area (Å²) in [7, 11) is 0. The Morgan fingerprint density at radius 2 is 0.962 bits per heavy atom. The van der Waals surface area contributed by atoms with Crippen LogP contribution in [0.1, 0.15) is 0 Å². The Kier molecular flexibility index (Phi) is 7.32. The van der Waals surface area contributed by atoms with Crippen molar-refractivity contribution in [1.82, 2.24) is 0 Å². The molecule has 0 atom stereocenters. The number of rotatable bonds is 11. The van der Waals surface area contributed by atoms with Crippen molar-refractivity contribution in [2.75, 3.05) is 13.1 Å². The van der Waals surface area contributed by atoms with E-state index in [4.69, 9.17) is 11.1 Å². The number of azide groups is 2. The Bertz CT molecular complexity index is 588. The Morgan fingerprint density at radius 1 is 0.615 bits per heavy atom. The molecule has 0 amide bonds. The van der Waals surface area contributed by atoms with E-state index in [1.54, 1.807) is 9.82 Å². The largest absolute Gasteiger partial charge is 0.495 e. The minimum absolute atomic E-state index is 1.68. The van der Waals surface area contributed by atoms with Gasteiger partial charge in [0.2, 0.25) is 0 Å². The lowest BCUT2D eigenvalue weighted by Crippen LogP contribution is -2.53. The SMILES string of the molecule is [N-]=[N+]=NCC(F)(F)OC(F)(F)OC(F)(F)C(F)(F)OC(F)(F)CN=[N+]=[N-]. The van der Waals surface area contributed by atoms with Gasteiger partial charge in [0.25, 0.3) is 0 Å². The molecule has 0 aromatic carbocycles. The highest BCUT2D eigenvalue weighted by molar-refractivity contribution is 4.72. The first-order valence-corrected chi connectivity index (χ1v) is 5.50. The predicted octanol–water partition coefficient (Wildman–Crippen LogP) is 4.58. The van der Waals surface area contributed by atoms with Gasteiger partial charge in [0.1, 0.15) is 13.1 Å². The summed E-state index contributed by atoms with van der Waals surface area (Å²) >= 11 is 0. The molecule has 0 N–H and O–H groups in total. The fourth-order valence-electron chi connectivity index (χ4n) is 0.943. The van der Waals surface area contributed by atoms with E-state index in [2.05, 4.69) is 14.6 Å². The number of alkyl halides is 10. The van der Waals surface area contributed by atoms with Crippen LogP contribution in [-0.2, 0) is 14.2 Å². The molecule has 26 heavy (non-hydrogen) atoms. The van der Waals surface area contributed by atoms with E-state index in [0.717, 1.165) is 0 Å². The molecule has 0 bridgehead atoms. The second-order valence-corrected chi connectivity index (χ2v) is 3.86. The van der Waals surface area contributed by atoms with Crippen molar-refractivity contribution in [3.05, 3.63) is 20.9 Å². The van der Waals surface area contributed by atoms with Gasteiger partial charge in [-0.15, -0.1) is 8.78 Å². The molecule has 0 saturated heterocycles. The van der Waals surface area contributed by atoms with Gasteiger partial charge in [0, 0.05) is 9.82 Å². The van der Waals surface area contributed by atoms with E-state index in [1.807, 2.05) is 9.85 Å². The zero-order valence-corrected chi connectivity index (χ0v) is 11.6. The lowest BCUT2D eigenvalue weighted by Gasteiger charge is -2.31. The van der Waals surface area contributed by atoms with Crippen LogP contribution in [0.4, 0.5) is 43.9 Å². The monoisotopic (exact) mass is 410 g/mol. The Morgan fingerprint density at radius 3 is 1.35 bits per heavy atom. The summed E-state index contributed by atoms with van der Waals surface area (Å²) in [4.78, 5) is 3.38. The zero-order valence-electron chi connectivity index (χ0n) is 11.6. The van der Waals surface area contributed by atoms with E-state index < -0.39 is 43.8 Å². The highest BCUT2D eigenvalue weighted by atomic mass is 19.3. The first kappa shape index (κ1) is 23.8. The molecule has 0 fully saturated rings. The fraction of sp³-hybridized carbons (Fsp3) is 1.00. The molecular weight excluding hydrogens is 406 g/mol. The summed E-state index contributed by atoms with van der Waals surface area (Å²) in [6, 6.07) is 0. The number of ether oxygens (including phenoxy) is 3. The summed E-state index contributed by atoms with van der Waals surface area (Å²) in [5, 5.41) is 4.10. The van der Waals surface area contributed by atoms with Crippen LogP contribution in [0.3, 0.4) is 0 Å². The number of hydrogen-bond acceptors (Lipinski definition) is 5.